The molecule has 0 aliphatic heterocycles. The third kappa shape index (κ3) is 2.97. The number of carbonyl (C=O) groups excluding carboxylic acids is 2. The summed E-state index contributed by atoms with van der Waals surface area (Å²) in [5, 5.41) is 7.83. The van der Waals surface area contributed by atoms with Gasteiger partial charge >= 0.3 is 0 Å². The van der Waals surface area contributed by atoms with Gasteiger partial charge in [0.1, 0.15) is 17.5 Å². The van der Waals surface area contributed by atoms with Crippen LogP contribution in [-0.4, -0.2) is 17.3 Å². The molecule has 2 rings (SSSR count). The smallest absolute Gasteiger partial charge is 0.149 e. The summed E-state index contributed by atoms with van der Waals surface area (Å²) in [5.41, 5.74) is 4.92. The van der Waals surface area contributed by atoms with E-state index in [4.69, 9.17) is 5.41 Å². The number of benzene rings is 1. The molecule has 21 heavy (non-hydrogen) atoms. The summed E-state index contributed by atoms with van der Waals surface area (Å²) in [4.78, 5) is 24.6. The summed E-state index contributed by atoms with van der Waals surface area (Å²) >= 11 is 0. The number of aryl methyl sites for hydroxylation is 3. The first-order valence-corrected chi connectivity index (χ1v) is 7.55. The minimum atomic E-state index is -0.780. The van der Waals surface area contributed by atoms with Crippen LogP contribution >= 0.6 is 0 Å². The van der Waals surface area contributed by atoms with E-state index in [0.717, 1.165) is 16.7 Å². The fourth-order valence-electron chi connectivity index (χ4n) is 3.61. The molecule has 0 bridgehead atoms. The second kappa shape index (κ2) is 5.92. The fourth-order valence-corrected chi connectivity index (χ4v) is 3.61. The largest absolute Gasteiger partial charge is 0.308 e. The highest BCUT2D eigenvalue weighted by atomic mass is 16.2. The van der Waals surface area contributed by atoms with E-state index >= 15 is 0 Å². The van der Waals surface area contributed by atoms with Gasteiger partial charge in [0, 0.05) is 18.6 Å². The second-order valence-corrected chi connectivity index (χ2v) is 6.16. The van der Waals surface area contributed by atoms with Crippen molar-refractivity contribution < 1.29 is 9.59 Å². The normalized spacial score (nSPS) is 22.5. The molecular formula is C18H23NO2. The van der Waals surface area contributed by atoms with Crippen LogP contribution in [0.5, 0.6) is 0 Å². The molecule has 1 aliphatic rings. The topological polar surface area (TPSA) is 58.0 Å². The van der Waals surface area contributed by atoms with E-state index < -0.39 is 5.92 Å². The Morgan fingerprint density at radius 1 is 1.10 bits per heavy atom. The third-order valence-corrected chi connectivity index (χ3v) is 4.41. The van der Waals surface area contributed by atoms with Crippen molar-refractivity contribution in [2.45, 2.75) is 52.9 Å². The van der Waals surface area contributed by atoms with Crippen molar-refractivity contribution >= 4 is 17.3 Å². The molecule has 3 nitrogen and oxygen atoms in total. The highest BCUT2D eigenvalue weighted by molar-refractivity contribution is 6.21. The lowest BCUT2D eigenvalue weighted by Gasteiger charge is -2.29. The lowest BCUT2D eigenvalue weighted by Crippen LogP contribution is -2.37. The Balaban J connectivity index is 2.32. The molecular weight excluding hydrogens is 262 g/mol. The van der Waals surface area contributed by atoms with E-state index in [1.807, 2.05) is 20.8 Å². The number of Topliss-reactive ketones (excluding diaryl/α,β-unsaturated/α-hetero) is 2. The van der Waals surface area contributed by atoms with E-state index in [0.29, 0.717) is 19.3 Å². The van der Waals surface area contributed by atoms with E-state index in [1.165, 1.54) is 5.56 Å². The van der Waals surface area contributed by atoms with Gasteiger partial charge in [-0.2, -0.15) is 0 Å². The first-order chi connectivity index (χ1) is 9.85. The lowest BCUT2D eigenvalue weighted by atomic mass is 9.73. The van der Waals surface area contributed by atoms with Gasteiger partial charge in [-0.1, -0.05) is 24.6 Å². The van der Waals surface area contributed by atoms with Gasteiger partial charge in [0.15, 0.2) is 0 Å². The first kappa shape index (κ1) is 15.6. The average molecular weight is 285 g/mol. The lowest BCUT2D eigenvalue weighted by molar-refractivity contribution is -0.133. The standard InChI is InChI=1S/C18H23NO2/c1-5-14(19)18-15(20)8-13(9-16(18)21)17-11(3)6-10(2)7-12(17)4/h6-7,13,18-19H,5,8-9H2,1-4H3. The Morgan fingerprint density at radius 2 is 1.57 bits per heavy atom. The molecule has 112 valence electrons. The van der Waals surface area contributed by atoms with Crippen LogP contribution in [0.25, 0.3) is 0 Å². The summed E-state index contributed by atoms with van der Waals surface area (Å²) in [6.45, 7) is 7.97. The van der Waals surface area contributed by atoms with Crippen LogP contribution in [0.2, 0.25) is 0 Å². The monoisotopic (exact) mass is 285 g/mol. The van der Waals surface area contributed by atoms with Crippen LogP contribution in [-0.2, 0) is 9.59 Å². The Labute approximate surface area is 126 Å². The van der Waals surface area contributed by atoms with Crippen LogP contribution in [0, 0.1) is 32.1 Å². The SMILES string of the molecule is CCC(=N)C1C(=O)CC(c2c(C)cc(C)cc2C)CC1=O. The molecule has 0 amide bonds. The van der Waals surface area contributed by atoms with Gasteiger partial charge in [-0.15, -0.1) is 0 Å². The molecule has 1 aromatic rings. The zero-order valence-corrected chi connectivity index (χ0v) is 13.2. The zero-order chi connectivity index (χ0) is 15.7. The number of ketones is 2. The van der Waals surface area contributed by atoms with Crippen LogP contribution in [0.15, 0.2) is 12.1 Å². The second-order valence-electron chi connectivity index (χ2n) is 6.16. The molecule has 0 saturated heterocycles. The van der Waals surface area contributed by atoms with Gasteiger partial charge < -0.3 is 5.41 Å². The molecule has 0 heterocycles. The molecule has 1 saturated carbocycles. The summed E-state index contributed by atoms with van der Waals surface area (Å²) < 4.78 is 0. The Bertz CT molecular complexity index is 575. The molecule has 1 fully saturated rings. The van der Waals surface area contributed by atoms with Crippen molar-refractivity contribution in [3.8, 4) is 0 Å². The third-order valence-electron chi connectivity index (χ3n) is 4.41. The minimum absolute atomic E-state index is 0.0218. The van der Waals surface area contributed by atoms with E-state index in [9.17, 15) is 9.59 Å². The molecule has 1 aliphatic carbocycles. The van der Waals surface area contributed by atoms with Crippen molar-refractivity contribution in [3.63, 3.8) is 0 Å². The molecule has 0 unspecified atom stereocenters. The zero-order valence-electron chi connectivity index (χ0n) is 13.2. The van der Waals surface area contributed by atoms with Crippen LogP contribution < -0.4 is 0 Å². The predicted octanol–water partition coefficient (Wildman–Crippen LogP) is 3.67. The van der Waals surface area contributed by atoms with Crippen molar-refractivity contribution in [3.05, 3.63) is 34.4 Å². The quantitative estimate of drug-likeness (QED) is 0.680. The maximum atomic E-state index is 12.3. The van der Waals surface area contributed by atoms with Gasteiger partial charge in [0.2, 0.25) is 0 Å². The number of nitrogens with one attached hydrogen (secondary N) is 1. The van der Waals surface area contributed by atoms with Crippen LogP contribution in [0.3, 0.4) is 0 Å². The number of hydrogen-bond donors (Lipinski definition) is 1. The van der Waals surface area contributed by atoms with Crippen molar-refractivity contribution in [2.75, 3.05) is 0 Å². The van der Waals surface area contributed by atoms with Gasteiger partial charge in [-0.05, 0) is 49.8 Å². The summed E-state index contributed by atoms with van der Waals surface area (Å²) in [7, 11) is 0. The van der Waals surface area contributed by atoms with Crippen molar-refractivity contribution in [1.82, 2.24) is 0 Å². The first-order valence-electron chi connectivity index (χ1n) is 7.55. The molecule has 0 radical (unpaired) electrons. The van der Waals surface area contributed by atoms with E-state index in [2.05, 4.69) is 19.1 Å². The van der Waals surface area contributed by atoms with Gasteiger partial charge in [0.05, 0.1) is 0 Å². The fraction of sp³-hybridized carbons (Fsp3) is 0.500. The Hall–Kier alpha value is -1.77. The summed E-state index contributed by atoms with van der Waals surface area (Å²) in [6, 6.07) is 4.22. The van der Waals surface area contributed by atoms with Crippen molar-refractivity contribution in [2.24, 2.45) is 5.92 Å². The van der Waals surface area contributed by atoms with E-state index in [1.54, 1.807) is 0 Å². The maximum absolute atomic E-state index is 12.3. The Kier molecular flexibility index (Phi) is 4.40. The van der Waals surface area contributed by atoms with Gasteiger partial charge in [0.25, 0.3) is 0 Å². The molecule has 0 atom stereocenters. The maximum Gasteiger partial charge on any atom is 0.149 e. The summed E-state index contributed by atoms with van der Waals surface area (Å²) in [6.07, 6.45) is 1.22. The number of rotatable bonds is 3. The van der Waals surface area contributed by atoms with Crippen LogP contribution in [0.4, 0.5) is 0 Å². The molecule has 0 aromatic heterocycles. The Morgan fingerprint density at radius 3 is 2.00 bits per heavy atom. The number of carbonyl (C=O) groups is 2. The molecule has 0 spiro atoms. The molecule has 1 aromatic carbocycles. The molecule has 1 N–H and O–H groups in total. The molecule has 3 heteroatoms. The predicted molar refractivity (Wildman–Crippen MR) is 84.1 cm³/mol. The van der Waals surface area contributed by atoms with Gasteiger partial charge in [-0.25, -0.2) is 0 Å². The minimum Gasteiger partial charge on any atom is -0.308 e. The highest BCUT2D eigenvalue weighted by Crippen LogP contribution is 2.36. The van der Waals surface area contributed by atoms with Crippen LogP contribution in [0.1, 0.15) is 54.4 Å². The van der Waals surface area contributed by atoms with Crippen molar-refractivity contribution in [1.29, 1.82) is 5.41 Å². The van der Waals surface area contributed by atoms with Gasteiger partial charge in [-0.3, -0.25) is 9.59 Å². The van der Waals surface area contributed by atoms with E-state index in [-0.39, 0.29) is 23.2 Å². The average Bonchev–Trinajstić information content (AvgIpc) is 2.36. The number of hydrogen-bond acceptors (Lipinski definition) is 3. The highest BCUT2D eigenvalue weighted by Gasteiger charge is 2.38. The summed E-state index contributed by atoms with van der Waals surface area (Å²) in [5.74, 6) is -0.964.